The van der Waals surface area contributed by atoms with E-state index in [1.54, 1.807) is 32.9 Å². The second-order valence-corrected chi connectivity index (χ2v) is 40.5. The number of ether oxygens (including phenoxy) is 5. The third kappa shape index (κ3) is 26.7. The molecule has 3 aromatic carbocycles. The smallest absolute Gasteiger partial charge is 0.484 e. The molecule has 0 radical (unpaired) electrons. The Morgan fingerprint density at radius 2 is 0.814 bits per heavy atom. The van der Waals surface area contributed by atoms with E-state index in [4.69, 9.17) is 23.6 Å². The maximum absolute atomic E-state index is 14.0. The number of hydrogen-bond donors (Lipinski definition) is 1. The molecule has 0 spiro atoms. The SMILES string of the molecule is CC1(C)OB(c2ccc(OCC(F)(F)F)cc2)OC1(C)C.Cc1cn2c(=O)c(-c3ccc(OCC(F)(F)F)cc3)c(C(F)(F)F)nc2[nH]1.Cc1cn2c(=O)c(-c3ccc(OCC(F)(F)F)cc3)c(C(F)(F)F)nc2n1COCC[Si](C)(C)C.Cc1cn2c(=O)c(Br)c(C(F)(F)F)nc2n1COCC[Si](C)(C)C.O=CC(F)(F)F. The van der Waals surface area contributed by atoms with Crippen LogP contribution in [0.25, 0.3) is 39.6 Å². The predicted molar refractivity (Wildman–Crippen MR) is 380 cm³/mol. The van der Waals surface area contributed by atoms with E-state index in [-0.39, 0.29) is 59.2 Å². The molecule has 1 fully saturated rings. The zero-order valence-electron chi connectivity index (χ0n) is 62.1. The van der Waals surface area contributed by atoms with Crippen molar-refractivity contribution in [2.45, 2.75) is 168 Å². The monoisotopic (exact) mass is 1740 g/mol. The van der Waals surface area contributed by atoms with Crippen molar-refractivity contribution >= 4 is 68.3 Å². The van der Waals surface area contributed by atoms with Gasteiger partial charge in [0.25, 0.3) is 16.7 Å². The normalized spacial score (nSPS) is 14.2. The van der Waals surface area contributed by atoms with Crippen LogP contribution in [-0.4, -0.2) is 141 Å². The number of carbonyl (C=O) groups excluding carboxylic acids is 1. The van der Waals surface area contributed by atoms with Gasteiger partial charge < -0.3 is 38.0 Å². The molecule has 45 heteroatoms. The first kappa shape index (κ1) is 93.2. The number of H-pyrrole nitrogens is 1. The van der Waals surface area contributed by atoms with Crippen molar-refractivity contribution in [1.82, 2.24) is 42.3 Å². The van der Waals surface area contributed by atoms with Crippen LogP contribution >= 0.6 is 15.9 Å². The van der Waals surface area contributed by atoms with E-state index in [2.05, 4.69) is 89.4 Å². The number of fused-ring (bicyclic) bond motifs is 3. The number of aldehydes is 1. The summed E-state index contributed by atoms with van der Waals surface area (Å²) in [4.78, 5) is 60.1. The highest BCUT2D eigenvalue weighted by molar-refractivity contribution is 9.10. The quantitative estimate of drug-likeness (QED) is 0.0346. The lowest BCUT2D eigenvalue weighted by atomic mass is 9.79. The van der Waals surface area contributed by atoms with E-state index < -0.39 is 153 Å². The van der Waals surface area contributed by atoms with E-state index in [1.807, 2.05) is 27.7 Å². The Labute approximate surface area is 639 Å². The van der Waals surface area contributed by atoms with Crippen LogP contribution in [0.2, 0.25) is 51.4 Å². The highest BCUT2D eigenvalue weighted by Gasteiger charge is 2.52. The van der Waals surface area contributed by atoms with E-state index in [0.717, 1.165) is 79.3 Å². The number of benzene rings is 3. The van der Waals surface area contributed by atoms with E-state index in [9.17, 15) is 107 Å². The zero-order chi connectivity index (χ0) is 85.5. The van der Waals surface area contributed by atoms with E-state index in [1.165, 1.54) is 39.9 Å². The summed E-state index contributed by atoms with van der Waals surface area (Å²) in [6.07, 6.45) is -29.6. The van der Waals surface area contributed by atoms with Crippen molar-refractivity contribution in [3.8, 4) is 39.5 Å². The average molecular weight is 1740 g/mol. The number of alkyl halides is 21. The Hall–Kier alpha value is -8.66. The maximum atomic E-state index is 14.0. The topological polar surface area (TPSA) is 210 Å². The molecule has 0 atom stereocenters. The summed E-state index contributed by atoms with van der Waals surface area (Å²) >= 11 is 2.70. The predicted octanol–water partition coefficient (Wildman–Crippen LogP) is 17.3. The number of nitrogens with one attached hydrogen (secondary N) is 1. The summed E-state index contributed by atoms with van der Waals surface area (Å²) in [5.41, 5.74) is -7.11. The Morgan fingerprint density at radius 3 is 1.15 bits per heavy atom. The first-order chi connectivity index (χ1) is 51.5. The van der Waals surface area contributed by atoms with Crippen molar-refractivity contribution in [2.24, 2.45) is 0 Å². The fourth-order valence-corrected chi connectivity index (χ4v) is 11.8. The fourth-order valence-electron chi connectivity index (χ4n) is 9.75. The Kier molecular flexibility index (Phi) is 29.4. The molecule has 1 aliphatic heterocycles. The van der Waals surface area contributed by atoms with Crippen LogP contribution in [-0.2, 0) is 55.6 Å². The number of carbonyl (C=O) groups is 1. The fraction of sp³-hybridized carbons (Fsp3) is 0.456. The molecule has 1 aliphatic rings. The molecular weight excluding hydrogens is 1660 g/mol. The van der Waals surface area contributed by atoms with Crippen LogP contribution in [0.1, 0.15) is 61.9 Å². The number of hydrogen-bond acceptors (Lipinski definition) is 14. The highest BCUT2D eigenvalue weighted by atomic mass is 79.9. The molecule has 0 amide bonds. The summed E-state index contributed by atoms with van der Waals surface area (Å²) in [6.45, 7) is 22.3. The van der Waals surface area contributed by atoms with Crippen LogP contribution in [0.15, 0.2) is 110 Å². The Morgan fingerprint density at radius 1 is 0.487 bits per heavy atom. The average Bonchev–Trinajstić information content (AvgIpc) is 1.40. The molecule has 113 heavy (non-hydrogen) atoms. The minimum atomic E-state index is -4.96. The molecule has 0 aliphatic carbocycles. The van der Waals surface area contributed by atoms with Crippen LogP contribution in [0.4, 0.5) is 92.2 Å². The lowest BCUT2D eigenvalue weighted by Crippen LogP contribution is -2.41. The van der Waals surface area contributed by atoms with Gasteiger partial charge >= 0.3 is 50.4 Å². The van der Waals surface area contributed by atoms with Crippen molar-refractivity contribution in [3.63, 3.8) is 0 Å². The van der Waals surface area contributed by atoms with Gasteiger partial charge in [-0.25, -0.2) is 15.0 Å². The second kappa shape index (κ2) is 35.6. The largest absolute Gasteiger partial charge is 0.494 e. The Balaban J connectivity index is 0.000000232. The number of aryl methyl sites for hydroxylation is 3. The summed E-state index contributed by atoms with van der Waals surface area (Å²) < 4.78 is 304. The molecule has 0 unspecified atom stereocenters. The number of aromatic amines is 1. The van der Waals surface area contributed by atoms with Crippen LogP contribution < -0.4 is 36.4 Å². The van der Waals surface area contributed by atoms with Gasteiger partial charge in [-0.3, -0.25) is 41.5 Å². The third-order valence-electron chi connectivity index (χ3n) is 16.1. The van der Waals surface area contributed by atoms with Crippen molar-refractivity contribution in [1.29, 1.82) is 0 Å². The highest BCUT2D eigenvalue weighted by Crippen LogP contribution is 2.40. The van der Waals surface area contributed by atoms with Crippen LogP contribution in [0.3, 0.4) is 0 Å². The number of aromatic nitrogens is 9. The first-order valence-corrected chi connectivity index (χ1v) is 41.4. The molecule has 20 nitrogen and oxygen atoms in total. The molecule has 622 valence electrons. The van der Waals surface area contributed by atoms with Gasteiger partial charge in [-0.1, -0.05) is 75.7 Å². The summed E-state index contributed by atoms with van der Waals surface area (Å²) in [5.74, 6) is -0.809. The molecule has 9 aromatic rings. The molecule has 0 bridgehead atoms. The van der Waals surface area contributed by atoms with Gasteiger partial charge in [0.2, 0.25) is 23.6 Å². The van der Waals surface area contributed by atoms with Crippen molar-refractivity contribution < 1.29 is 130 Å². The Bertz CT molecular complexity index is 4910. The van der Waals surface area contributed by atoms with Crippen LogP contribution in [0.5, 0.6) is 17.2 Å². The van der Waals surface area contributed by atoms with Gasteiger partial charge in [-0.05, 0) is 129 Å². The lowest BCUT2D eigenvalue weighted by Gasteiger charge is -2.32. The zero-order valence-corrected chi connectivity index (χ0v) is 65.6. The van der Waals surface area contributed by atoms with Gasteiger partial charge in [-0.2, -0.15) is 92.2 Å². The number of imidazole rings is 3. The van der Waals surface area contributed by atoms with Crippen LogP contribution in [0, 0.1) is 20.8 Å². The first-order valence-electron chi connectivity index (χ1n) is 33.2. The van der Waals surface area contributed by atoms with Gasteiger partial charge in [0.15, 0.2) is 36.9 Å². The number of nitrogens with zero attached hydrogens (tertiary/aromatic N) is 8. The molecule has 0 saturated carbocycles. The van der Waals surface area contributed by atoms with E-state index >= 15 is 0 Å². The molecule has 7 heterocycles. The molecular formula is C68H74BBrF21N9O11Si2. The third-order valence-corrected chi connectivity index (χ3v) is 20.2. The standard InChI is InChI=1S/C22H25F6N3O3Si.C16H11F6N3O2.C14H18BF3O3.C14H19BrF3N3O2Si.C2HF3O/c1-14-11-30-19(32)17(15-5-7-16(8-6-15)34-12-21(23,24)25)18(22(26,27)28)29-20(30)31(14)13-33-9-10-35(2,3)4;1-8-6-25-13(26)11(12(16(20,21)22)24-14(25)23-8)9-2-4-10(5-3-9)27-7-15(17,18)19;1-12(2)13(3,4)21-15(20-12)10-5-7-11(8-6-10)19-9-14(16,17)18;1-9-7-20-12(22)10(15)11(14(16,17)18)19-13(20)21(9)8-23-5-6-24(2,3)4;3-2(4,5)1-6/h5-8,11H,9-10,12-13H2,1-4H3;2-6H,7H2,1H3,(H,23,24);5-8H,9H2,1-4H3;7H,5-6,8H2,1-4H3;1H. The van der Waals surface area contributed by atoms with Crippen molar-refractivity contribution in [2.75, 3.05) is 33.0 Å². The maximum Gasteiger partial charge on any atom is 0.494 e. The minimum absolute atomic E-state index is 0.0538. The van der Waals surface area contributed by atoms with Gasteiger partial charge in [0, 0.05) is 65.0 Å². The second-order valence-electron chi connectivity index (χ2n) is 28.5. The van der Waals surface area contributed by atoms with E-state index in [0.29, 0.717) is 30.3 Å². The van der Waals surface area contributed by atoms with Gasteiger partial charge in [0.1, 0.15) is 35.2 Å². The molecule has 1 saturated heterocycles. The summed E-state index contributed by atoms with van der Waals surface area (Å²) in [6, 6.07) is 16.6. The van der Waals surface area contributed by atoms with Gasteiger partial charge in [-0.15, -0.1) is 0 Å². The summed E-state index contributed by atoms with van der Waals surface area (Å²) in [5, 5.41) is 0. The number of halogens is 22. The summed E-state index contributed by atoms with van der Waals surface area (Å²) in [7, 11) is -3.16. The molecule has 1 N–H and O–H groups in total. The molecule has 10 rings (SSSR count). The van der Waals surface area contributed by atoms with Gasteiger partial charge in [0.05, 0.1) is 22.3 Å². The number of rotatable bonds is 19. The lowest BCUT2D eigenvalue weighted by molar-refractivity contribution is -0.156. The minimum Gasteiger partial charge on any atom is -0.484 e. The van der Waals surface area contributed by atoms with Crippen molar-refractivity contribution in [3.05, 3.63) is 161 Å². The molecule has 6 aromatic heterocycles.